The van der Waals surface area contributed by atoms with Gasteiger partial charge in [-0.2, -0.15) is 0 Å². The number of para-hydroxylation sites is 2. The number of fused-ring (bicyclic) bond motifs is 2. The SMILES string of the molecule is COC(=O)[C@]1([C@]2(C(=O)OC)C(=O)N(C)c3ccccc32)C(=O)N(C)c2ccccc21. The highest BCUT2D eigenvalue weighted by Gasteiger charge is 2.78. The van der Waals surface area contributed by atoms with Crippen molar-refractivity contribution in [2.75, 3.05) is 38.1 Å². The Hall–Kier alpha value is -3.68. The molecule has 0 aliphatic carbocycles. The summed E-state index contributed by atoms with van der Waals surface area (Å²) < 4.78 is 10.2. The Balaban J connectivity index is 2.24. The van der Waals surface area contributed by atoms with E-state index in [9.17, 15) is 19.2 Å². The van der Waals surface area contributed by atoms with Gasteiger partial charge in [-0.15, -0.1) is 0 Å². The number of anilines is 2. The van der Waals surface area contributed by atoms with Crippen molar-refractivity contribution in [2.45, 2.75) is 10.8 Å². The van der Waals surface area contributed by atoms with Crippen LogP contribution in [0.2, 0.25) is 0 Å². The minimum Gasteiger partial charge on any atom is -0.468 e. The Morgan fingerprint density at radius 3 is 1.37 bits per heavy atom. The first-order valence-corrected chi connectivity index (χ1v) is 9.23. The van der Waals surface area contributed by atoms with Crippen LogP contribution in [0.4, 0.5) is 11.4 Å². The zero-order valence-electron chi connectivity index (χ0n) is 17.0. The summed E-state index contributed by atoms with van der Waals surface area (Å²) in [7, 11) is 5.23. The molecule has 2 aliphatic rings. The molecule has 0 fully saturated rings. The minimum atomic E-state index is -2.28. The average molecular weight is 408 g/mol. The Kier molecular flexibility index (Phi) is 4.20. The first-order chi connectivity index (χ1) is 14.3. The molecule has 2 aromatic carbocycles. The van der Waals surface area contributed by atoms with Crippen LogP contribution in [0.3, 0.4) is 0 Å². The van der Waals surface area contributed by atoms with Crippen molar-refractivity contribution in [2.24, 2.45) is 0 Å². The van der Waals surface area contributed by atoms with Gasteiger partial charge in [0.05, 0.1) is 14.2 Å². The number of esters is 2. The zero-order valence-corrected chi connectivity index (χ0v) is 17.0. The molecule has 2 amide bonds. The predicted octanol–water partition coefficient (Wildman–Crippen LogP) is 1.16. The average Bonchev–Trinajstić information content (AvgIpc) is 3.15. The number of hydrogen-bond donors (Lipinski definition) is 0. The molecule has 154 valence electrons. The number of carbonyl (C=O) groups is 4. The standard InChI is InChI=1S/C22H20N2O6/c1-23-15-11-7-5-9-13(15)21(17(23)25,19(27)29-3)22(20(28)30-4)14-10-6-8-12-16(14)24(2)18(22)26/h5-12H,1-4H3/t21-,22+. The number of benzene rings is 2. The highest BCUT2D eigenvalue weighted by molar-refractivity contribution is 6.34. The monoisotopic (exact) mass is 408 g/mol. The maximum Gasteiger partial charge on any atom is 0.328 e. The molecule has 2 aliphatic heterocycles. The third-order valence-electron chi connectivity index (χ3n) is 6.14. The molecule has 2 heterocycles. The van der Waals surface area contributed by atoms with Gasteiger partial charge < -0.3 is 19.3 Å². The van der Waals surface area contributed by atoms with E-state index in [2.05, 4.69) is 0 Å². The third-order valence-corrected chi connectivity index (χ3v) is 6.14. The lowest BCUT2D eigenvalue weighted by Crippen LogP contribution is -2.67. The fourth-order valence-corrected chi connectivity index (χ4v) is 4.85. The van der Waals surface area contributed by atoms with Crippen LogP contribution in [0.5, 0.6) is 0 Å². The second-order valence-corrected chi connectivity index (χ2v) is 7.25. The van der Waals surface area contributed by atoms with Crippen molar-refractivity contribution >= 4 is 35.1 Å². The number of rotatable bonds is 3. The fourth-order valence-electron chi connectivity index (χ4n) is 4.85. The summed E-state index contributed by atoms with van der Waals surface area (Å²) in [4.78, 5) is 57.1. The van der Waals surface area contributed by atoms with Gasteiger partial charge in [-0.3, -0.25) is 19.2 Å². The molecule has 8 nitrogen and oxygen atoms in total. The summed E-state index contributed by atoms with van der Waals surface area (Å²) in [5.41, 5.74) is -3.30. The Morgan fingerprint density at radius 2 is 1.03 bits per heavy atom. The van der Waals surface area contributed by atoms with Crippen LogP contribution >= 0.6 is 0 Å². The number of likely N-dealkylation sites (N-methyl/N-ethyl adjacent to an activating group) is 2. The third kappa shape index (κ3) is 1.91. The quantitative estimate of drug-likeness (QED) is 0.559. The molecule has 8 heteroatoms. The van der Waals surface area contributed by atoms with E-state index in [0.29, 0.717) is 11.4 Å². The minimum absolute atomic E-state index is 0.216. The van der Waals surface area contributed by atoms with Gasteiger partial charge in [-0.05, 0) is 12.1 Å². The maximum absolute atomic E-state index is 13.8. The van der Waals surface area contributed by atoms with Crippen molar-refractivity contribution in [3.05, 3.63) is 59.7 Å². The lowest BCUT2D eigenvalue weighted by atomic mass is 9.57. The molecule has 2 aromatic rings. The molecule has 0 saturated carbocycles. The number of methoxy groups -OCH3 is 2. The van der Waals surface area contributed by atoms with Crippen molar-refractivity contribution in [1.82, 2.24) is 0 Å². The summed E-state index contributed by atoms with van der Waals surface area (Å²) in [5.74, 6) is -3.49. The van der Waals surface area contributed by atoms with Gasteiger partial charge in [0.2, 0.25) is 10.8 Å². The molecule has 0 bridgehead atoms. The molecule has 30 heavy (non-hydrogen) atoms. The van der Waals surface area contributed by atoms with Crippen LogP contribution in [0.25, 0.3) is 0 Å². The van der Waals surface area contributed by atoms with Gasteiger partial charge >= 0.3 is 11.9 Å². The van der Waals surface area contributed by atoms with Crippen LogP contribution in [0.15, 0.2) is 48.5 Å². The van der Waals surface area contributed by atoms with Crippen LogP contribution in [-0.4, -0.2) is 52.1 Å². The summed E-state index contributed by atoms with van der Waals surface area (Å²) in [6.45, 7) is 0. The lowest BCUT2D eigenvalue weighted by molar-refractivity contribution is -0.168. The number of carbonyl (C=O) groups excluding carboxylic acids is 4. The highest BCUT2D eigenvalue weighted by Crippen LogP contribution is 2.58. The van der Waals surface area contributed by atoms with Crippen LogP contribution in [0.1, 0.15) is 11.1 Å². The number of hydrogen-bond acceptors (Lipinski definition) is 6. The summed E-state index contributed by atoms with van der Waals surface area (Å²) in [6.07, 6.45) is 0. The molecular formula is C22H20N2O6. The van der Waals surface area contributed by atoms with Gasteiger partial charge in [-0.1, -0.05) is 36.4 Å². The van der Waals surface area contributed by atoms with Crippen LogP contribution in [0, 0.1) is 0 Å². The van der Waals surface area contributed by atoms with Crippen molar-refractivity contribution in [1.29, 1.82) is 0 Å². The van der Waals surface area contributed by atoms with E-state index in [0.717, 1.165) is 14.2 Å². The van der Waals surface area contributed by atoms with E-state index in [1.807, 2.05) is 0 Å². The Labute approximate surface area is 173 Å². The number of nitrogens with zero attached hydrogens (tertiary/aromatic N) is 2. The van der Waals surface area contributed by atoms with E-state index in [-0.39, 0.29) is 11.1 Å². The molecule has 2 atom stereocenters. The molecule has 0 radical (unpaired) electrons. The van der Waals surface area contributed by atoms with E-state index in [1.165, 1.54) is 23.9 Å². The second kappa shape index (κ2) is 6.41. The zero-order chi connectivity index (χ0) is 21.8. The van der Waals surface area contributed by atoms with Gasteiger partial charge in [0.1, 0.15) is 0 Å². The fraction of sp³-hybridized carbons (Fsp3) is 0.273. The van der Waals surface area contributed by atoms with Crippen LogP contribution in [-0.2, 0) is 39.5 Å². The Morgan fingerprint density at radius 1 is 0.700 bits per heavy atom. The highest BCUT2D eigenvalue weighted by atomic mass is 16.5. The molecule has 0 spiro atoms. The van der Waals surface area contributed by atoms with Crippen molar-refractivity contribution < 1.29 is 28.7 Å². The second-order valence-electron chi connectivity index (χ2n) is 7.25. The summed E-state index contributed by atoms with van der Waals surface area (Å²) in [5, 5.41) is 0. The first kappa shape index (κ1) is 19.6. The topological polar surface area (TPSA) is 93.2 Å². The summed E-state index contributed by atoms with van der Waals surface area (Å²) >= 11 is 0. The van der Waals surface area contributed by atoms with Gasteiger partial charge in [0.25, 0.3) is 11.8 Å². The Bertz CT molecular complexity index is 1020. The molecule has 0 N–H and O–H groups in total. The lowest BCUT2D eigenvalue weighted by Gasteiger charge is -2.39. The largest absolute Gasteiger partial charge is 0.468 e. The number of amides is 2. The molecular weight excluding hydrogens is 388 g/mol. The van der Waals surface area contributed by atoms with E-state index >= 15 is 0 Å². The van der Waals surface area contributed by atoms with Crippen molar-refractivity contribution in [3.8, 4) is 0 Å². The van der Waals surface area contributed by atoms with Gasteiger partial charge in [0, 0.05) is 36.6 Å². The van der Waals surface area contributed by atoms with Gasteiger partial charge in [-0.25, -0.2) is 0 Å². The number of ether oxygens (including phenoxy) is 2. The van der Waals surface area contributed by atoms with Crippen LogP contribution < -0.4 is 9.80 Å². The van der Waals surface area contributed by atoms with E-state index in [1.54, 1.807) is 48.5 Å². The van der Waals surface area contributed by atoms with E-state index in [4.69, 9.17) is 9.47 Å². The maximum atomic E-state index is 13.8. The normalized spacial score (nSPS) is 24.5. The molecule has 4 rings (SSSR count). The summed E-state index contributed by atoms with van der Waals surface area (Å²) in [6, 6.07) is 13.1. The predicted molar refractivity (Wildman–Crippen MR) is 107 cm³/mol. The van der Waals surface area contributed by atoms with Gasteiger partial charge in [0.15, 0.2) is 0 Å². The smallest absolute Gasteiger partial charge is 0.328 e. The molecule has 0 saturated heterocycles. The van der Waals surface area contributed by atoms with Crippen molar-refractivity contribution in [3.63, 3.8) is 0 Å². The molecule has 0 unspecified atom stereocenters. The first-order valence-electron chi connectivity index (χ1n) is 9.23. The molecule has 0 aromatic heterocycles. The van der Waals surface area contributed by atoms with E-state index < -0.39 is 34.6 Å².